The first-order chi connectivity index (χ1) is 13.0. The molecule has 2 amide bonds. The molecule has 0 unspecified atom stereocenters. The van der Waals surface area contributed by atoms with Gasteiger partial charge in [0.2, 0.25) is 0 Å². The second-order valence-corrected chi connectivity index (χ2v) is 7.88. The van der Waals surface area contributed by atoms with Crippen LogP contribution in [-0.4, -0.2) is 29.8 Å². The van der Waals surface area contributed by atoms with Gasteiger partial charge in [-0.05, 0) is 70.6 Å². The maximum Gasteiger partial charge on any atom is 0.293 e. The fourth-order valence-corrected chi connectivity index (χ4v) is 4.28. The smallest absolute Gasteiger partial charge is 0.293 e. The Hall–Kier alpha value is -2.00. The molecule has 0 bridgehead atoms. The first-order valence-corrected chi connectivity index (χ1v) is 10.2. The third-order valence-electron chi connectivity index (χ3n) is 3.90. The number of methoxy groups -OCH3 is 1. The third-order valence-corrected chi connectivity index (χ3v) is 5.60. The standard InChI is InChI=1S/C20H18INO4S/c1-3-26-18-15(21)9-14(10-16(18)25-2)11-17-19(23)22(20(24)27-17)12-13-7-5-4-6-8-13/h4-11H,3,12H2,1-2H3/b17-11-. The Balaban J connectivity index is 1.86. The lowest BCUT2D eigenvalue weighted by Crippen LogP contribution is -2.27. The number of nitrogens with zero attached hydrogens (tertiary/aromatic N) is 1. The van der Waals surface area contributed by atoms with Gasteiger partial charge in [0.1, 0.15) is 0 Å². The summed E-state index contributed by atoms with van der Waals surface area (Å²) in [4.78, 5) is 26.7. The number of ether oxygens (including phenoxy) is 2. The van der Waals surface area contributed by atoms with Crippen LogP contribution in [0.5, 0.6) is 11.5 Å². The fourth-order valence-electron chi connectivity index (χ4n) is 2.66. The zero-order valence-electron chi connectivity index (χ0n) is 14.9. The van der Waals surface area contributed by atoms with Crippen LogP contribution in [0.1, 0.15) is 18.1 Å². The van der Waals surface area contributed by atoms with E-state index in [1.807, 2.05) is 43.3 Å². The average molecular weight is 495 g/mol. The van der Waals surface area contributed by atoms with E-state index in [4.69, 9.17) is 9.47 Å². The third kappa shape index (κ3) is 4.47. The van der Waals surface area contributed by atoms with Crippen LogP contribution in [0.4, 0.5) is 4.79 Å². The minimum Gasteiger partial charge on any atom is -0.493 e. The highest BCUT2D eigenvalue weighted by molar-refractivity contribution is 14.1. The molecule has 0 aliphatic carbocycles. The summed E-state index contributed by atoms with van der Waals surface area (Å²) in [6.45, 7) is 2.71. The molecular formula is C20H18INO4S. The second-order valence-electron chi connectivity index (χ2n) is 5.72. The number of imide groups is 1. The van der Waals surface area contributed by atoms with Gasteiger partial charge in [-0.1, -0.05) is 30.3 Å². The van der Waals surface area contributed by atoms with Crippen LogP contribution >= 0.6 is 34.4 Å². The van der Waals surface area contributed by atoms with Crippen molar-refractivity contribution in [3.8, 4) is 11.5 Å². The molecule has 0 spiro atoms. The molecular weight excluding hydrogens is 477 g/mol. The fraction of sp³-hybridized carbons (Fsp3) is 0.200. The predicted molar refractivity (Wildman–Crippen MR) is 115 cm³/mol. The molecule has 0 radical (unpaired) electrons. The van der Waals surface area contributed by atoms with Crippen molar-refractivity contribution in [1.82, 2.24) is 4.90 Å². The SMILES string of the molecule is CCOc1c(I)cc(/C=C2\SC(=O)N(Cc3ccccc3)C2=O)cc1OC. The summed E-state index contributed by atoms with van der Waals surface area (Å²) in [6, 6.07) is 13.2. The van der Waals surface area contributed by atoms with Crippen LogP contribution in [0.3, 0.4) is 0 Å². The van der Waals surface area contributed by atoms with E-state index in [9.17, 15) is 9.59 Å². The molecule has 2 aromatic rings. The topological polar surface area (TPSA) is 55.8 Å². The van der Waals surface area contributed by atoms with Gasteiger partial charge >= 0.3 is 0 Å². The molecule has 1 aliphatic rings. The lowest BCUT2D eigenvalue weighted by atomic mass is 10.1. The Morgan fingerprint density at radius 1 is 1.19 bits per heavy atom. The van der Waals surface area contributed by atoms with Crippen LogP contribution in [0.2, 0.25) is 0 Å². The number of thioether (sulfide) groups is 1. The van der Waals surface area contributed by atoms with Crippen LogP contribution in [0.25, 0.3) is 6.08 Å². The van der Waals surface area contributed by atoms with Crippen molar-refractivity contribution in [1.29, 1.82) is 0 Å². The van der Waals surface area contributed by atoms with Crippen LogP contribution in [-0.2, 0) is 11.3 Å². The summed E-state index contributed by atoms with van der Waals surface area (Å²) >= 11 is 3.12. The van der Waals surface area contributed by atoms with Gasteiger partial charge in [0, 0.05) is 0 Å². The van der Waals surface area contributed by atoms with E-state index in [1.165, 1.54) is 4.90 Å². The molecule has 140 valence electrons. The number of halogens is 1. The van der Waals surface area contributed by atoms with Gasteiger partial charge in [0.05, 0.1) is 28.7 Å². The summed E-state index contributed by atoms with van der Waals surface area (Å²) in [5.74, 6) is 0.991. The Bertz CT molecular complexity index is 898. The molecule has 1 saturated heterocycles. The van der Waals surface area contributed by atoms with E-state index in [0.717, 1.165) is 26.5 Å². The predicted octanol–water partition coefficient (Wildman–Crippen LogP) is 4.94. The van der Waals surface area contributed by atoms with E-state index < -0.39 is 0 Å². The lowest BCUT2D eigenvalue weighted by Gasteiger charge is -2.13. The van der Waals surface area contributed by atoms with Crippen molar-refractivity contribution in [2.45, 2.75) is 13.5 Å². The molecule has 0 N–H and O–H groups in total. The first kappa shape index (κ1) is 19.8. The van der Waals surface area contributed by atoms with Gasteiger partial charge in [-0.25, -0.2) is 0 Å². The number of rotatable bonds is 6. The van der Waals surface area contributed by atoms with E-state index in [-0.39, 0.29) is 17.7 Å². The van der Waals surface area contributed by atoms with Crippen molar-refractivity contribution in [2.75, 3.05) is 13.7 Å². The summed E-state index contributed by atoms with van der Waals surface area (Å²) in [6.07, 6.45) is 1.72. The number of carbonyl (C=O) groups is 2. The highest BCUT2D eigenvalue weighted by atomic mass is 127. The number of hydrogen-bond acceptors (Lipinski definition) is 5. The van der Waals surface area contributed by atoms with Crippen LogP contribution in [0, 0.1) is 3.57 Å². The molecule has 5 nitrogen and oxygen atoms in total. The highest BCUT2D eigenvalue weighted by Gasteiger charge is 2.35. The van der Waals surface area contributed by atoms with Gasteiger partial charge in [0.25, 0.3) is 11.1 Å². The normalized spacial score (nSPS) is 15.5. The Morgan fingerprint density at radius 2 is 1.93 bits per heavy atom. The maximum absolute atomic E-state index is 12.7. The van der Waals surface area contributed by atoms with E-state index in [0.29, 0.717) is 23.0 Å². The zero-order chi connectivity index (χ0) is 19.4. The lowest BCUT2D eigenvalue weighted by molar-refractivity contribution is -0.123. The van der Waals surface area contributed by atoms with Crippen molar-refractivity contribution >= 4 is 51.6 Å². The minimum absolute atomic E-state index is 0.261. The largest absolute Gasteiger partial charge is 0.493 e. The van der Waals surface area contributed by atoms with Crippen LogP contribution < -0.4 is 9.47 Å². The van der Waals surface area contributed by atoms with Crippen molar-refractivity contribution in [3.05, 3.63) is 62.1 Å². The molecule has 1 fully saturated rings. The Labute approximate surface area is 175 Å². The summed E-state index contributed by atoms with van der Waals surface area (Å²) in [5, 5.41) is -0.261. The second kappa shape index (κ2) is 8.79. The number of benzene rings is 2. The Morgan fingerprint density at radius 3 is 2.59 bits per heavy atom. The molecule has 7 heteroatoms. The van der Waals surface area contributed by atoms with Gasteiger partial charge in [0.15, 0.2) is 11.5 Å². The molecule has 1 heterocycles. The van der Waals surface area contributed by atoms with E-state index >= 15 is 0 Å². The quantitative estimate of drug-likeness (QED) is 0.420. The van der Waals surface area contributed by atoms with Gasteiger partial charge in [-0.15, -0.1) is 0 Å². The summed E-state index contributed by atoms with van der Waals surface area (Å²) < 4.78 is 11.9. The average Bonchev–Trinajstić information content (AvgIpc) is 2.92. The van der Waals surface area contributed by atoms with E-state index in [2.05, 4.69) is 22.6 Å². The van der Waals surface area contributed by atoms with Gasteiger partial charge in [-0.2, -0.15) is 0 Å². The van der Waals surface area contributed by atoms with Crippen LogP contribution in [0.15, 0.2) is 47.4 Å². The molecule has 0 aromatic heterocycles. The highest BCUT2D eigenvalue weighted by Crippen LogP contribution is 2.37. The van der Waals surface area contributed by atoms with E-state index in [1.54, 1.807) is 19.3 Å². The number of amides is 2. The molecule has 3 rings (SSSR count). The van der Waals surface area contributed by atoms with Gasteiger partial charge in [-0.3, -0.25) is 14.5 Å². The molecule has 0 saturated carbocycles. The maximum atomic E-state index is 12.7. The van der Waals surface area contributed by atoms with Crippen molar-refractivity contribution in [3.63, 3.8) is 0 Å². The summed E-state index contributed by atoms with van der Waals surface area (Å²) in [7, 11) is 1.57. The summed E-state index contributed by atoms with van der Waals surface area (Å²) in [5.41, 5.74) is 1.70. The van der Waals surface area contributed by atoms with Crippen molar-refractivity contribution in [2.24, 2.45) is 0 Å². The molecule has 0 atom stereocenters. The van der Waals surface area contributed by atoms with Crippen molar-refractivity contribution < 1.29 is 19.1 Å². The van der Waals surface area contributed by atoms with Gasteiger partial charge < -0.3 is 9.47 Å². The molecule has 2 aromatic carbocycles. The number of hydrogen-bond donors (Lipinski definition) is 0. The monoisotopic (exact) mass is 495 g/mol. The zero-order valence-corrected chi connectivity index (χ0v) is 17.9. The number of carbonyl (C=O) groups excluding carboxylic acids is 2. The minimum atomic E-state index is -0.281. The molecule has 1 aliphatic heterocycles. The molecule has 27 heavy (non-hydrogen) atoms. The first-order valence-electron chi connectivity index (χ1n) is 8.33. The Kier molecular flexibility index (Phi) is 6.43.